The third kappa shape index (κ3) is 1.49. The Morgan fingerprint density at radius 2 is 2.18 bits per heavy atom. The Kier molecular flexibility index (Phi) is 2.42. The SMILES string of the molecule is O=C(O)c1ccc2c3c1C1=CCC[C@H]1CN3C[C@H]1CC=C[C@H]21. The lowest BCUT2D eigenvalue weighted by Gasteiger charge is -2.45. The largest absolute Gasteiger partial charge is 0.478 e. The van der Waals surface area contributed by atoms with Crippen molar-refractivity contribution in [3.8, 4) is 0 Å². The third-order valence-electron chi connectivity index (χ3n) is 5.91. The van der Waals surface area contributed by atoms with Crippen molar-refractivity contribution in [3.05, 3.63) is 47.1 Å². The predicted octanol–water partition coefficient (Wildman–Crippen LogP) is 3.67. The Balaban J connectivity index is 1.80. The summed E-state index contributed by atoms with van der Waals surface area (Å²) in [5, 5.41) is 9.66. The molecule has 0 bridgehead atoms. The lowest BCUT2D eigenvalue weighted by atomic mass is 9.76. The quantitative estimate of drug-likeness (QED) is 0.803. The lowest BCUT2D eigenvalue weighted by molar-refractivity contribution is 0.0696. The van der Waals surface area contributed by atoms with Crippen LogP contribution in [0.3, 0.4) is 0 Å². The van der Waals surface area contributed by atoms with Crippen LogP contribution < -0.4 is 4.90 Å². The molecule has 0 unspecified atom stereocenters. The van der Waals surface area contributed by atoms with Gasteiger partial charge in [0.15, 0.2) is 0 Å². The van der Waals surface area contributed by atoms with E-state index in [4.69, 9.17) is 0 Å². The van der Waals surface area contributed by atoms with Crippen LogP contribution in [0, 0.1) is 11.8 Å². The number of nitrogens with zero attached hydrogens (tertiary/aromatic N) is 1. The van der Waals surface area contributed by atoms with Crippen molar-refractivity contribution >= 4 is 17.2 Å². The van der Waals surface area contributed by atoms with Gasteiger partial charge in [0.05, 0.1) is 5.56 Å². The second kappa shape index (κ2) is 4.25. The first-order valence-corrected chi connectivity index (χ1v) is 8.26. The lowest BCUT2D eigenvalue weighted by Crippen LogP contribution is -2.42. The Morgan fingerprint density at radius 1 is 1.27 bits per heavy atom. The second-order valence-electron chi connectivity index (χ2n) is 7.02. The number of allylic oxidation sites excluding steroid dienone is 3. The molecule has 0 amide bonds. The zero-order chi connectivity index (χ0) is 14.8. The van der Waals surface area contributed by atoms with E-state index in [2.05, 4.69) is 29.2 Å². The maximum Gasteiger partial charge on any atom is 0.336 e. The molecule has 3 nitrogen and oxygen atoms in total. The molecule has 3 heteroatoms. The number of aromatic carboxylic acids is 1. The first-order valence-electron chi connectivity index (χ1n) is 8.26. The molecule has 2 aliphatic heterocycles. The van der Waals surface area contributed by atoms with Gasteiger partial charge in [0.2, 0.25) is 0 Å². The topological polar surface area (TPSA) is 40.5 Å². The van der Waals surface area contributed by atoms with Crippen LogP contribution >= 0.6 is 0 Å². The Morgan fingerprint density at radius 3 is 3.05 bits per heavy atom. The molecule has 0 radical (unpaired) electrons. The minimum absolute atomic E-state index is 0.478. The summed E-state index contributed by atoms with van der Waals surface area (Å²) < 4.78 is 0. The maximum atomic E-state index is 11.8. The number of anilines is 1. The summed E-state index contributed by atoms with van der Waals surface area (Å²) in [4.78, 5) is 14.2. The van der Waals surface area contributed by atoms with E-state index < -0.39 is 5.97 Å². The van der Waals surface area contributed by atoms with E-state index in [0.717, 1.165) is 31.5 Å². The average Bonchev–Trinajstić information content (AvgIpc) is 3.15. The maximum absolute atomic E-state index is 11.8. The molecule has 0 fully saturated rings. The summed E-state index contributed by atoms with van der Waals surface area (Å²) >= 11 is 0. The van der Waals surface area contributed by atoms with Gasteiger partial charge in [0, 0.05) is 36.2 Å². The van der Waals surface area contributed by atoms with Gasteiger partial charge < -0.3 is 10.0 Å². The van der Waals surface area contributed by atoms with Crippen LogP contribution in [0.4, 0.5) is 5.69 Å². The fourth-order valence-corrected chi connectivity index (χ4v) is 5.00. The molecule has 112 valence electrons. The van der Waals surface area contributed by atoms with Crippen molar-refractivity contribution in [1.29, 1.82) is 0 Å². The highest BCUT2D eigenvalue weighted by Crippen LogP contribution is 2.53. The third-order valence-corrected chi connectivity index (χ3v) is 5.91. The standard InChI is InChI=1S/C19H19NO2/c21-19(22)16-8-7-15-13-5-1-3-11(13)9-20-10-12-4-2-6-14(12)17(16)18(15)20/h1,5-8,11-13H,2-4,9-10H2,(H,21,22)/t11-,12+,13+/m1/s1. The van der Waals surface area contributed by atoms with Crippen molar-refractivity contribution in [1.82, 2.24) is 0 Å². The van der Waals surface area contributed by atoms with Gasteiger partial charge in [-0.3, -0.25) is 0 Å². The van der Waals surface area contributed by atoms with Crippen molar-refractivity contribution in [2.45, 2.75) is 25.2 Å². The van der Waals surface area contributed by atoms with Crippen LogP contribution in [0.1, 0.15) is 46.7 Å². The van der Waals surface area contributed by atoms with Crippen LogP contribution in [0.15, 0.2) is 30.4 Å². The minimum atomic E-state index is -0.796. The van der Waals surface area contributed by atoms with Crippen LogP contribution in [-0.4, -0.2) is 24.2 Å². The first kappa shape index (κ1) is 12.5. The van der Waals surface area contributed by atoms with E-state index in [1.807, 2.05) is 6.07 Å². The summed E-state index contributed by atoms with van der Waals surface area (Å²) in [7, 11) is 0. The van der Waals surface area contributed by atoms with Gasteiger partial charge in [0.1, 0.15) is 0 Å². The molecule has 22 heavy (non-hydrogen) atoms. The highest BCUT2D eigenvalue weighted by molar-refractivity contribution is 6.00. The van der Waals surface area contributed by atoms with Crippen LogP contribution in [0.5, 0.6) is 0 Å². The van der Waals surface area contributed by atoms with E-state index in [9.17, 15) is 9.90 Å². The number of fused-ring (bicyclic) bond motifs is 4. The van der Waals surface area contributed by atoms with E-state index in [-0.39, 0.29) is 0 Å². The number of carboxylic acid groups (broad SMARTS) is 1. The van der Waals surface area contributed by atoms with Crippen LogP contribution in [0.25, 0.3) is 5.57 Å². The molecule has 5 rings (SSSR count). The highest BCUT2D eigenvalue weighted by atomic mass is 16.4. The minimum Gasteiger partial charge on any atom is -0.478 e. The predicted molar refractivity (Wildman–Crippen MR) is 86.3 cm³/mol. The Bertz CT molecular complexity index is 746. The molecular formula is C19H19NO2. The number of rotatable bonds is 1. The zero-order valence-corrected chi connectivity index (χ0v) is 12.5. The van der Waals surface area contributed by atoms with Gasteiger partial charge >= 0.3 is 5.97 Å². The Hall–Kier alpha value is -2.03. The molecular weight excluding hydrogens is 274 g/mol. The van der Waals surface area contributed by atoms with Crippen molar-refractivity contribution in [3.63, 3.8) is 0 Å². The zero-order valence-electron chi connectivity index (χ0n) is 12.5. The summed E-state index contributed by atoms with van der Waals surface area (Å²) in [5.74, 6) is 0.872. The monoisotopic (exact) mass is 293 g/mol. The first-order chi connectivity index (χ1) is 10.7. The summed E-state index contributed by atoms with van der Waals surface area (Å²) in [6, 6.07) is 3.91. The van der Waals surface area contributed by atoms with Crippen molar-refractivity contribution in [2.75, 3.05) is 18.0 Å². The van der Waals surface area contributed by atoms with Crippen molar-refractivity contribution < 1.29 is 9.90 Å². The molecule has 3 atom stereocenters. The molecule has 1 aromatic carbocycles. The second-order valence-corrected chi connectivity index (χ2v) is 7.02. The van der Waals surface area contributed by atoms with E-state index >= 15 is 0 Å². The molecule has 1 N–H and O–H groups in total. The number of hydrogen-bond donors (Lipinski definition) is 1. The molecule has 0 aromatic heterocycles. The van der Waals surface area contributed by atoms with Crippen LogP contribution in [0.2, 0.25) is 0 Å². The summed E-state index contributed by atoms with van der Waals surface area (Å²) in [6.45, 7) is 2.14. The highest BCUT2D eigenvalue weighted by Gasteiger charge is 2.42. The molecule has 2 heterocycles. The van der Waals surface area contributed by atoms with E-state index in [1.165, 1.54) is 23.2 Å². The molecule has 2 aliphatic carbocycles. The Labute approximate surface area is 129 Å². The molecule has 1 aromatic rings. The van der Waals surface area contributed by atoms with Gasteiger partial charge in [0.25, 0.3) is 0 Å². The number of carbonyl (C=O) groups is 1. The summed E-state index contributed by atoms with van der Waals surface area (Å²) in [6.07, 6.45) is 10.3. The van der Waals surface area contributed by atoms with Crippen molar-refractivity contribution in [2.24, 2.45) is 11.8 Å². The normalized spacial score (nSPS) is 30.6. The summed E-state index contributed by atoms with van der Waals surface area (Å²) in [5.41, 5.74) is 5.37. The molecule has 0 spiro atoms. The molecule has 0 saturated carbocycles. The van der Waals surface area contributed by atoms with Crippen LogP contribution in [-0.2, 0) is 0 Å². The van der Waals surface area contributed by atoms with Gasteiger partial charge in [-0.25, -0.2) is 4.79 Å². The smallest absolute Gasteiger partial charge is 0.336 e. The fourth-order valence-electron chi connectivity index (χ4n) is 5.00. The molecule has 4 aliphatic rings. The van der Waals surface area contributed by atoms with Gasteiger partial charge in [-0.1, -0.05) is 24.3 Å². The number of carboxylic acids is 1. The number of hydrogen-bond acceptors (Lipinski definition) is 2. The average molecular weight is 293 g/mol. The van der Waals surface area contributed by atoms with E-state index in [1.54, 1.807) is 0 Å². The molecule has 0 saturated heterocycles. The van der Waals surface area contributed by atoms with Gasteiger partial charge in [-0.15, -0.1) is 0 Å². The van der Waals surface area contributed by atoms with Gasteiger partial charge in [-0.05, 0) is 42.4 Å². The fraction of sp³-hybridized carbons (Fsp3) is 0.421. The number of benzene rings is 1. The van der Waals surface area contributed by atoms with Gasteiger partial charge in [-0.2, -0.15) is 0 Å². The van der Waals surface area contributed by atoms with E-state index in [0.29, 0.717) is 23.3 Å².